The van der Waals surface area contributed by atoms with Crippen molar-refractivity contribution >= 4 is 6.02 Å². The normalized spacial score (nSPS) is 24.7. The van der Waals surface area contributed by atoms with Crippen LogP contribution in [0.25, 0.3) is 0 Å². The summed E-state index contributed by atoms with van der Waals surface area (Å²) in [5, 5.41) is 2.95. The second-order valence-corrected chi connectivity index (χ2v) is 1.80. The fourth-order valence-corrected chi connectivity index (χ4v) is 0.583. The summed E-state index contributed by atoms with van der Waals surface area (Å²) in [7, 11) is 1.58. The highest BCUT2D eigenvalue weighted by Gasteiger charge is 2.04. The van der Waals surface area contributed by atoms with Crippen molar-refractivity contribution in [2.75, 3.05) is 7.11 Å². The molecule has 0 bridgehead atoms. The van der Waals surface area contributed by atoms with E-state index in [1.54, 1.807) is 13.3 Å². The summed E-state index contributed by atoms with van der Waals surface area (Å²) < 4.78 is 4.83. The predicted octanol–water partition coefficient (Wildman–Crippen LogP) is 0.297. The Hall–Kier alpha value is -0.990. The van der Waals surface area contributed by atoms with Crippen molar-refractivity contribution in [2.45, 2.75) is 13.0 Å². The van der Waals surface area contributed by atoms with Crippen LogP contribution in [0.2, 0.25) is 0 Å². The van der Waals surface area contributed by atoms with Gasteiger partial charge in [-0.1, -0.05) is 0 Å². The minimum absolute atomic E-state index is 0.206. The number of methoxy groups -OCH3 is 1. The molecule has 1 heterocycles. The van der Waals surface area contributed by atoms with Crippen molar-refractivity contribution in [3.05, 3.63) is 12.3 Å². The first-order valence-electron chi connectivity index (χ1n) is 2.79. The number of nitrogens with zero attached hydrogens (tertiary/aromatic N) is 1. The third kappa shape index (κ3) is 1.45. The lowest BCUT2D eigenvalue weighted by molar-refractivity contribution is 0.373. The molecular formula is C6H9N2O. The van der Waals surface area contributed by atoms with Crippen LogP contribution in [0.15, 0.2) is 11.2 Å². The van der Waals surface area contributed by atoms with Crippen LogP contribution in [0.4, 0.5) is 0 Å². The molecule has 0 saturated carbocycles. The van der Waals surface area contributed by atoms with Gasteiger partial charge in [0.05, 0.1) is 13.2 Å². The van der Waals surface area contributed by atoms with Gasteiger partial charge in [0.25, 0.3) is 6.02 Å². The van der Waals surface area contributed by atoms with Crippen molar-refractivity contribution in [1.82, 2.24) is 5.32 Å². The zero-order valence-electron chi connectivity index (χ0n) is 5.51. The standard InChI is InChI=1S/C6H9N2O/c1-5-3-4-7-6(8-5)9-2/h4-5H,1-2H3,(H,7,8). The lowest BCUT2D eigenvalue weighted by Crippen LogP contribution is -2.34. The van der Waals surface area contributed by atoms with E-state index in [1.165, 1.54) is 0 Å². The highest BCUT2D eigenvalue weighted by molar-refractivity contribution is 5.75. The van der Waals surface area contributed by atoms with Crippen molar-refractivity contribution in [1.29, 1.82) is 0 Å². The average molecular weight is 125 g/mol. The lowest BCUT2D eigenvalue weighted by atomic mass is 10.3. The highest BCUT2D eigenvalue weighted by Crippen LogP contribution is 1.92. The summed E-state index contributed by atoms with van der Waals surface area (Å²) in [5.41, 5.74) is 0. The molecule has 0 fully saturated rings. The Morgan fingerprint density at radius 1 is 1.89 bits per heavy atom. The number of ether oxygens (including phenoxy) is 1. The molecule has 1 atom stereocenters. The third-order valence-electron chi connectivity index (χ3n) is 1.04. The fourth-order valence-electron chi connectivity index (χ4n) is 0.583. The number of amidine groups is 1. The molecule has 0 aromatic carbocycles. The Morgan fingerprint density at radius 3 is 3.11 bits per heavy atom. The van der Waals surface area contributed by atoms with Gasteiger partial charge in [-0.25, -0.2) is 4.99 Å². The van der Waals surface area contributed by atoms with E-state index < -0.39 is 0 Å². The van der Waals surface area contributed by atoms with E-state index in [4.69, 9.17) is 4.74 Å². The zero-order valence-corrected chi connectivity index (χ0v) is 5.51. The van der Waals surface area contributed by atoms with Crippen LogP contribution in [-0.4, -0.2) is 19.2 Å². The first kappa shape index (κ1) is 6.13. The molecule has 49 valence electrons. The lowest BCUT2D eigenvalue weighted by Gasteiger charge is -2.13. The number of hydrogen-bond donors (Lipinski definition) is 1. The monoisotopic (exact) mass is 125 g/mol. The highest BCUT2D eigenvalue weighted by atomic mass is 16.5. The topological polar surface area (TPSA) is 33.6 Å². The molecule has 0 spiro atoms. The van der Waals surface area contributed by atoms with Crippen LogP contribution >= 0.6 is 0 Å². The SMILES string of the molecule is COC1=NC=[C]C(C)N1. The summed E-state index contributed by atoms with van der Waals surface area (Å²) in [5.74, 6) is 0. The van der Waals surface area contributed by atoms with E-state index in [-0.39, 0.29) is 6.04 Å². The summed E-state index contributed by atoms with van der Waals surface area (Å²) in [6.07, 6.45) is 4.55. The molecule has 1 rings (SSSR count). The first-order chi connectivity index (χ1) is 4.33. The molecule has 0 amide bonds. The quantitative estimate of drug-likeness (QED) is 0.505. The van der Waals surface area contributed by atoms with Crippen LogP contribution in [0.1, 0.15) is 6.92 Å². The van der Waals surface area contributed by atoms with E-state index in [1.807, 2.05) is 6.92 Å². The summed E-state index contributed by atoms with van der Waals surface area (Å²) in [6.45, 7) is 1.98. The van der Waals surface area contributed by atoms with Gasteiger partial charge in [0, 0.05) is 6.20 Å². The minimum atomic E-state index is 0.206. The van der Waals surface area contributed by atoms with Crippen LogP contribution in [0.5, 0.6) is 0 Å². The van der Waals surface area contributed by atoms with E-state index in [9.17, 15) is 0 Å². The molecule has 3 nitrogen and oxygen atoms in total. The van der Waals surface area contributed by atoms with Crippen LogP contribution < -0.4 is 5.32 Å². The molecule has 9 heavy (non-hydrogen) atoms. The van der Waals surface area contributed by atoms with Crippen molar-refractivity contribution < 1.29 is 4.74 Å². The van der Waals surface area contributed by atoms with E-state index in [0.29, 0.717) is 6.02 Å². The van der Waals surface area contributed by atoms with Gasteiger partial charge >= 0.3 is 0 Å². The minimum Gasteiger partial charge on any atom is -0.468 e. The van der Waals surface area contributed by atoms with Crippen molar-refractivity contribution in [3.8, 4) is 0 Å². The van der Waals surface area contributed by atoms with Gasteiger partial charge < -0.3 is 10.1 Å². The first-order valence-corrected chi connectivity index (χ1v) is 2.79. The van der Waals surface area contributed by atoms with E-state index >= 15 is 0 Å². The largest absolute Gasteiger partial charge is 0.468 e. The Labute approximate surface area is 54.4 Å². The maximum absolute atomic E-state index is 4.83. The number of rotatable bonds is 0. The third-order valence-corrected chi connectivity index (χ3v) is 1.04. The Balaban J connectivity index is 2.55. The average Bonchev–Trinajstić information content (AvgIpc) is 1.88. The summed E-state index contributed by atoms with van der Waals surface area (Å²) in [4.78, 5) is 3.85. The molecule has 1 aliphatic rings. The van der Waals surface area contributed by atoms with Gasteiger partial charge in [0.2, 0.25) is 0 Å². The molecule has 1 unspecified atom stereocenters. The molecule has 0 aliphatic carbocycles. The second-order valence-electron chi connectivity index (χ2n) is 1.80. The van der Waals surface area contributed by atoms with Crippen LogP contribution in [-0.2, 0) is 4.74 Å². The van der Waals surface area contributed by atoms with Gasteiger partial charge in [-0.2, -0.15) is 0 Å². The van der Waals surface area contributed by atoms with Gasteiger partial charge in [-0.05, 0) is 13.0 Å². The molecule has 0 aromatic heterocycles. The Morgan fingerprint density at radius 2 is 2.67 bits per heavy atom. The molecule has 1 radical (unpaired) electrons. The van der Waals surface area contributed by atoms with Crippen LogP contribution in [0.3, 0.4) is 0 Å². The zero-order chi connectivity index (χ0) is 6.69. The van der Waals surface area contributed by atoms with Gasteiger partial charge in [0.15, 0.2) is 0 Å². The van der Waals surface area contributed by atoms with Crippen molar-refractivity contribution in [3.63, 3.8) is 0 Å². The summed E-state index contributed by atoms with van der Waals surface area (Å²) in [6, 6.07) is 0.763. The number of nitrogens with one attached hydrogen (secondary N) is 1. The number of hydrogen-bond acceptors (Lipinski definition) is 3. The van der Waals surface area contributed by atoms with Gasteiger partial charge in [-0.3, -0.25) is 0 Å². The molecule has 0 aromatic rings. The van der Waals surface area contributed by atoms with E-state index in [0.717, 1.165) is 0 Å². The fraction of sp³-hybridized carbons (Fsp3) is 0.500. The smallest absolute Gasteiger partial charge is 0.289 e. The number of aliphatic imine (C=N–C) groups is 1. The van der Waals surface area contributed by atoms with Crippen molar-refractivity contribution in [2.24, 2.45) is 4.99 Å². The van der Waals surface area contributed by atoms with Crippen LogP contribution in [0, 0.1) is 6.08 Å². The molecule has 1 N–H and O–H groups in total. The molecule has 0 saturated heterocycles. The Bertz CT molecular complexity index is 151. The maximum Gasteiger partial charge on any atom is 0.289 e. The molecular weight excluding hydrogens is 116 g/mol. The van der Waals surface area contributed by atoms with Gasteiger partial charge in [0.1, 0.15) is 0 Å². The molecule has 3 heteroatoms. The van der Waals surface area contributed by atoms with Gasteiger partial charge in [-0.15, -0.1) is 0 Å². The summed E-state index contributed by atoms with van der Waals surface area (Å²) >= 11 is 0. The van der Waals surface area contributed by atoms with E-state index in [2.05, 4.69) is 16.4 Å². The predicted molar refractivity (Wildman–Crippen MR) is 34.9 cm³/mol. The molecule has 1 aliphatic heterocycles. The maximum atomic E-state index is 4.83. The Kier molecular flexibility index (Phi) is 1.72. The second kappa shape index (κ2) is 2.53.